The molecule has 0 saturated carbocycles. The fraction of sp³-hybridized carbons (Fsp3) is 0.310. The summed E-state index contributed by atoms with van der Waals surface area (Å²) in [5.74, 6) is -0.117. The standard InChI is InChI=1S/C29H30ClN3O2S/c1-18-10-12-23(14-20(18)3)31-27(35)33-17-28(4,5)36-29(33)24-15-22(30)11-13-25(24)32(26(29)34)16-21-9-7-6-8-19(21)2/h6-15H,16-17H2,1-5H3,(H,31,35). The Balaban J connectivity index is 1.59. The molecule has 1 atom stereocenters. The van der Waals surface area contributed by atoms with Gasteiger partial charge >= 0.3 is 6.03 Å². The molecule has 2 heterocycles. The Hall–Kier alpha value is -2.96. The van der Waals surface area contributed by atoms with Gasteiger partial charge < -0.3 is 10.2 Å². The number of benzene rings is 3. The SMILES string of the molecule is Cc1ccc(NC(=O)N2CC(C)(C)SC23C(=O)N(Cc2ccccc2C)c2ccc(Cl)cc23)cc1C. The van der Waals surface area contributed by atoms with Gasteiger partial charge in [0.05, 0.1) is 12.2 Å². The number of rotatable bonds is 3. The first-order valence-electron chi connectivity index (χ1n) is 12.0. The maximum absolute atomic E-state index is 14.4. The fourth-order valence-electron chi connectivity index (χ4n) is 5.10. The zero-order valence-electron chi connectivity index (χ0n) is 21.2. The first-order valence-corrected chi connectivity index (χ1v) is 13.2. The second kappa shape index (κ2) is 8.86. The Labute approximate surface area is 221 Å². The lowest BCUT2D eigenvalue weighted by Gasteiger charge is -2.33. The van der Waals surface area contributed by atoms with Gasteiger partial charge in [0.1, 0.15) is 0 Å². The third-order valence-electron chi connectivity index (χ3n) is 7.09. The summed E-state index contributed by atoms with van der Waals surface area (Å²) in [7, 11) is 0. The number of urea groups is 1. The number of halogens is 1. The largest absolute Gasteiger partial charge is 0.323 e. The smallest absolute Gasteiger partial charge is 0.308 e. The van der Waals surface area contributed by atoms with E-state index in [4.69, 9.17) is 11.6 Å². The van der Waals surface area contributed by atoms with Crippen molar-refractivity contribution in [3.05, 3.63) is 93.5 Å². The topological polar surface area (TPSA) is 52.7 Å². The summed E-state index contributed by atoms with van der Waals surface area (Å²) in [6.45, 7) is 11.1. The van der Waals surface area contributed by atoms with Crippen LogP contribution in [0.5, 0.6) is 0 Å². The number of nitrogens with one attached hydrogen (secondary N) is 1. The lowest BCUT2D eigenvalue weighted by molar-refractivity contribution is -0.123. The molecule has 0 aromatic heterocycles. The third-order valence-corrected chi connectivity index (χ3v) is 8.91. The number of carbonyl (C=O) groups excluding carboxylic acids is 2. The number of thioether (sulfide) groups is 1. The Morgan fingerprint density at radius 1 is 1.00 bits per heavy atom. The molecule has 1 unspecified atom stereocenters. The molecule has 2 aliphatic rings. The number of anilines is 2. The van der Waals surface area contributed by atoms with Crippen LogP contribution in [0.3, 0.4) is 0 Å². The van der Waals surface area contributed by atoms with Crippen molar-refractivity contribution >= 4 is 46.7 Å². The molecule has 3 amide bonds. The second-order valence-electron chi connectivity index (χ2n) is 10.3. The van der Waals surface area contributed by atoms with Gasteiger partial charge in [-0.15, -0.1) is 11.8 Å². The van der Waals surface area contributed by atoms with Gasteiger partial charge in [0.15, 0.2) is 4.87 Å². The summed E-state index contributed by atoms with van der Waals surface area (Å²) in [6, 6.07) is 19.2. The van der Waals surface area contributed by atoms with Crippen molar-refractivity contribution in [3.8, 4) is 0 Å². The minimum atomic E-state index is -1.20. The van der Waals surface area contributed by atoms with Gasteiger partial charge in [-0.25, -0.2) is 4.79 Å². The normalized spacial score (nSPS) is 20.2. The summed E-state index contributed by atoms with van der Waals surface area (Å²) in [6.07, 6.45) is 0. The van der Waals surface area contributed by atoms with E-state index in [1.165, 1.54) is 11.8 Å². The van der Waals surface area contributed by atoms with Crippen molar-refractivity contribution in [3.63, 3.8) is 0 Å². The van der Waals surface area contributed by atoms with Gasteiger partial charge in [0, 0.05) is 27.6 Å². The van der Waals surface area contributed by atoms with Gasteiger partial charge in [0.2, 0.25) is 0 Å². The molecular weight excluding hydrogens is 490 g/mol. The molecular formula is C29H30ClN3O2S. The zero-order chi connectivity index (χ0) is 25.8. The van der Waals surface area contributed by atoms with Crippen molar-refractivity contribution in [1.82, 2.24) is 4.90 Å². The Morgan fingerprint density at radius 2 is 1.75 bits per heavy atom. The molecule has 5 nitrogen and oxygen atoms in total. The first kappa shape index (κ1) is 24.7. The highest BCUT2D eigenvalue weighted by Gasteiger charge is 2.63. The quantitative estimate of drug-likeness (QED) is 0.404. The third kappa shape index (κ3) is 4.06. The van der Waals surface area contributed by atoms with E-state index in [2.05, 4.69) is 19.2 Å². The molecule has 186 valence electrons. The van der Waals surface area contributed by atoms with E-state index in [9.17, 15) is 9.59 Å². The lowest BCUT2D eigenvalue weighted by Crippen LogP contribution is -2.51. The van der Waals surface area contributed by atoms with Crippen molar-refractivity contribution < 1.29 is 9.59 Å². The number of carbonyl (C=O) groups is 2. The summed E-state index contributed by atoms with van der Waals surface area (Å²) >= 11 is 7.99. The Morgan fingerprint density at radius 3 is 2.47 bits per heavy atom. The van der Waals surface area contributed by atoms with Crippen LogP contribution in [-0.4, -0.2) is 28.1 Å². The van der Waals surface area contributed by atoms with E-state index in [-0.39, 0.29) is 16.7 Å². The van der Waals surface area contributed by atoms with Crippen LogP contribution in [0.1, 0.15) is 41.7 Å². The Kier molecular flexibility index (Phi) is 6.08. The maximum Gasteiger partial charge on any atom is 0.323 e. The minimum Gasteiger partial charge on any atom is -0.308 e. The van der Waals surface area contributed by atoms with Crippen LogP contribution < -0.4 is 10.2 Å². The van der Waals surface area contributed by atoms with E-state index in [0.29, 0.717) is 23.8 Å². The van der Waals surface area contributed by atoms with Gasteiger partial charge in [-0.2, -0.15) is 0 Å². The fourth-order valence-corrected chi connectivity index (χ4v) is 7.00. The van der Waals surface area contributed by atoms with Crippen LogP contribution in [0.2, 0.25) is 5.02 Å². The predicted octanol–water partition coefficient (Wildman–Crippen LogP) is 7.02. The Bertz CT molecular complexity index is 1390. The molecule has 1 N–H and O–H groups in total. The highest BCUT2D eigenvalue weighted by atomic mass is 35.5. The molecule has 0 bridgehead atoms. The van der Waals surface area contributed by atoms with Gasteiger partial charge in [-0.05, 0) is 87.2 Å². The van der Waals surface area contributed by atoms with Crippen molar-refractivity contribution in [2.24, 2.45) is 0 Å². The number of fused-ring (bicyclic) bond motifs is 2. The van der Waals surface area contributed by atoms with E-state index >= 15 is 0 Å². The molecule has 36 heavy (non-hydrogen) atoms. The van der Waals surface area contributed by atoms with E-state index < -0.39 is 4.87 Å². The summed E-state index contributed by atoms with van der Waals surface area (Å²) in [4.78, 5) is 30.5. The van der Waals surface area contributed by atoms with Crippen molar-refractivity contribution in [1.29, 1.82) is 0 Å². The molecule has 2 aliphatic heterocycles. The average Bonchev–Trinajstić information content (AvgIpc) is 3.23. The molecule has 1 spiro atoms. The number of hydrogen-bond donors (Lipinski definition) is 1. The van der Waals surface area contributed by atoms with Gasteiger partial charge in [-0.1, -0.05) is 41.9 Å². The summed E-state index contributed by atoms with van der Waals surface area (Å²) < 4.78 is -0.339. The monoisotopic (exact) mass is 519 g/mol. The molecule has 1 saturated heterocycles. The molecule has 3 aromatic rings. The van der Waals surface area contributed by atoms with E-state index in [1.54, 1.807) is 9.80 Å². The van der Waals surface area contributed by atoms with Crippen molar-refractivity contribution in [2.45, 2.75) is 50.8 Å². The number of nitrogens with zero attached hydrogens (tertiary/aromatic N) is 2. The number of amides is 3. The van der Waals surface area contributed by atoms with Crippen LogP contribution in [0.15, 0.2) is 60.7 Å². The average molecular weight is 520 g/mol. The minimum absolute atomic E-state index is 0.117. The zero-order valence-corrected chi connectivity index (χ0v) is 22.8. The van der Waals surface area contributed by atoms with Crippen LogP contribution in [0, 0.1) is 20.8 Å². The molecule has 5 rings (SSSR count). The highest BCUT2D eigenvalue weighted by molar-refractivity contribution is 8.02. The molecule has 3 aromatic carbocycles. The van der Waals surface area contributed by atoms with Crippen LogP contribution >= 0.6 is 23.4 Å². The van der Waals surface area contributed by atoms with Crippen LogP contribution in [-0.2, 0) is 16.2 Å². The highest BCUT2D eigenvalue weighted by Crippen LogP contribution is 2.60. The maximum atomic E-state index is 14.4. The number of hydrogen-bond acceptors (Lipinski definition) is 3. The molecule has 0 radical (unpaired) electrons. The van der Waals surface area contributed by atoms with Crippen LogP contribution in [0.25, 0.3) is 0 Å². The van der Waals surface area contributed by atoms with E-state index in [0.717, 1.165) is 33.5 Å². The molecule has 7 heteroatoms. The summed E-state index contributed by atoms with van der Waals surface area (Å²) in [5, 5.41) is 3.59. The van der Waals surface area contributed by atoms with Gasteiger partial charge in [-0.3, -0.25) is 9.69 Å². The van der Waals surface area contributed by atoms with Crippen LogP contribution in [0.4, 0.5) is 16.2 Å². The second-order valence-corrected chi connectivity index (χ2v) is 12.6. The first-order chi connectivity index (χ1) is 17.0. The summed E-state index contributed by atoms with van der Waals surface area (Å²) in [5.41, 5.74) is 6.70. The number of aryl methyl sites for hydroxylation is 3. The lowest BCUT2D eigenvalue weighted by atomic mass is 10.0. The van der Waals surface area contributed by atoms with Gasteiger partial charge in [0.25, 0.3) is 5.91 Å². The predicted molar refractivity (Wildman–Crippen MR) is 149 cm³/mol. The molecule has 0 aliphatic carbocycles. The van der Waals surface area contributed by atoms with E-state index in [1.807, 2.05) is 81.4 Å². The molecule has 1 fully saturated rings. The van der Waals surface area contributed by atoms with Crippen molar-refractivity contribution in [2.75, 3.05) is 16.8 Å².